The molecule has 2 rings (SSSR count). The van der Waals surface area contributed by atoms with Crippen LogP contribution < -0.4 is 5.73 Å². The second-order valence-corrected chi connectivity index (χ2v) is 3.63. The molecule has 1 atom stereocenters. The van der Waals surface area contributed by atoms with Crippen molar-refractivity contribution >= 4 is 0 Å². The van der Waals surface area contributed by atoms with Gasteiger partial charge in [0.05, 0.1) is 0 Å². The van der Waals surface area contributed by atoms with E-state index in [-0.39, 0.29) is 0 Å². The Morgan fingerprint density at radius 2 is 2.00 bits per heavy atom. The highest BCUT2D eigenvalue weighted by atomic mass is 15.2. The summed E-state index contributed by atoms with van der Waals surface area (Å²) in [7, 11) is 0. The van der Waals surface area contributed by atoms with E-state index in [0.717, 1.165) is 12.6 Å². The molecule has 2 fully saturated rings. The van der Waals surface area contributed by atoms with E-state index in [4.69, 9.17) is 5.73 Å². The molecule has 10 heavy (non-hydrogen) atoms. The van der Waals surface area contributed by atoms with Crippen LogP contribution in [0.3, 0.4) is 0 Å². The molecule has 0 aromatic carbocycles. The van der Waals surface area contributed by atoms with E-state index in [1.807, 2.05) is 0 Å². The maximum atomic E-state index is 5.85. The number of likely N-dealkylation sites (tertiary alicyclic amines) is 1. The Morgan fingerprint density at radius 3 is 2.60 bits per heavy atom. The highest BCUT2D eigenvalue weighted by Gasteiger charge is 2.31. The molecule has 0 spiro atoms. The van der Waals surface area contributed by atoms with Crippen molar-refractivity contribution in [2.45, 2.75) is 37.8 Å². The fourth-order valence-electron chi connectivity index (χ4n) is 1.81. The first kappa shape index (κ1) is 6.62. The fraction of sp³-hybridized carbons (Fsp3) is 1.00. The molecule has 2 aliphatic rings. The lowest BCUT2D eigenvalue weighted by Crippen LogP contribution is -2.43. The second-order valence-electron chi connectivity index (χ2n) is 3.63. The molecule has 2 N–H and O–H groups in total. The average molecular weight is 140 g/mol. The Kier molecular flexibility index (Phi) is 1.66. The largest absolute Gasteiger partial charge is 0.327 e. The molecular formula is C8H16N2. The number of nitrogens with zero attached hydrogens (tertiary/aromatic N) is 1. The van der Waals surface area contributed by atoms with Crippen LogP contribution in [0.4, 0.5) is 0 Å². The zero-order valence-corrected chi connectivity index (χ0v) is 6.42. The van der Waals surface area contributed by atoms with Gasteiger partial charge in [-0.15, -0.1) is 0 Å². The molecule has 2 heteroatoms. The highest BCUT2D eigenvalue weighted by molar-refractivity contribution is 4.88. The molecule has 1 saturated carbocycles. The van der Waals surface area contributed by atoms with Gasteiger partial charge in [-0.1, -0.05) is 0 Å². The maximum absolute atomic E-state index is 5.85. The van der Waals surface area contributed by atoms with E-state index < -0.39 is 0 Å². The molecule has 1 aliphatic heterocycles. The van der Waals surface area contributed by atoms with Crippen molar-refractivity contribution in [2.24, 2.45) is 5.73 Å². The summed E-state index contributed by atoms with van der Waals surface area (Å²) in [6.45, 7) is 2.46. The number of hydrogen-bond donors (Lipinski definition) is 1. The van der Waals surface area contributed by atoms with E-state index in [1.165, 1.54) is 32.2 Å². The smallest absolute Gasteiger partial charge is 0.0168 e. The first-order valence-corrected chi connectivity index (χ1v) is 4.36. The Morgan fingerprint density at radius 1 is 1.20 bits per heavy atom. The van der Waals surface area contributed by atoms with Crippen LogP contribution in [-0.4, -0.2) is 30.1 Å². The molecule has 0 bridgehead atoms. The molecule has 1 aliphatic carbocycles. The van der Waals surface area contributed by atoms with Gasteiger partial charge in [0, 0.05) is 18.6 Å². The average Bonchev–Trinajstić information content (AvgIpc) is 2.68. The Hall–Kier alpha value is -0.0800. The number of hydrogen-bond acceptors (Lipinski definition) is 2. The predicted molar refractivity (Wildman–Crippen MR) is 41.8 cm³/mol. The predicted octanol–water partition coefficient (Wildman–Crippen LogP) is 0.572. The fourth-order valence-corrected chi connectivity index (χ4v) is 1.81. The van der Waals surface area contributed by atoms with Crippen LogP contribution in [0.15, 0.2) is 0 Å². The molecule has 0 aromatic heterocycles. The summed E-state index contributed by atoms with van der Waals surface area (Å²) in [5.41, 5.74) is 5.85. The van der Waals surface area contributed by atoms with E-state index in [0.29, 0.717) is 6.04 Å². The lowest BCUT2D eigenvalue weighted by Gasteiger charge is -2.30. The van der Waals surface area contributed by atoms with E-state index in [9.17, 15) is 0 Å². The molecule has 0 amide bonds. The number of piperidine rings is 1. The Balaban J connectivity index is 1.84. The molecule has 0 unspecified atom stereocenters. The van der Waals surface area contributed by atoms with Gasteiger partial charge in [0.2, 0.25) is 0 Å². The second kappa shape index (κ2) is 2.51. The zero-order chi connectivity index (χ0) is 6.97. The minimum Gasteiger partial charge on any atom is -0.327 e. The SMILES string of the molecule is N[C@H]1CCCN(C2CC2)C1. The lowest BCUT2D eigenvalue weighted by molar-refractivity contribution is 0.200. The minimum absolute atomic E-state index is 0.467. The van der Waals surface area contributed by atoms with Gasteiger partial charge in [-0.3, -0.25) is 4.90 Å². The summed E-state index contributed by atoms with van der Waals surface area (Å²) in [6.07, 6.45) is 5.40. The van der Waals surface area contributed by atoms with Gasteiger partial charge in [-0.05, 0) is 32.2 Å². The van der Waals surface area contributed by atoms with E-state index in [1.54, 1.807) is 0 Å². The summed E-state index contributed by atoms with van der Waals surface area (Å²) in [6, 6.07) is 1.39. The van der Waals surface area contributed by atoms with Crippen LogP contribution in [0.25, 0.3) is 0 Å². The Labute approximate surface area is 62.4 Å². The molecule has 0 aromatic rings. The number of nitrogens with two attached hydrogens (primary N) is 1. The van der Waals surface area contributed by atoms with Crippen molar-refractivity contribution in [2.75, 3.05) is 13.1 Å². The van der Waals surface area contributed by atoms with E-state index >= 15 is 0 Å². The van der Waals surface area contributed by atoms with Gasteiger partial charge in [0.25, 0.3) is 0 Å². The van der Waals surface area contributed by atoms with Crippen molar-refractivity contribution in [1.82, 2.24) is 4.90 Å². The van der Waals surface area contributed by atoms with Crippen LogP contribution in [0.1, 0.15) is 25.7 Å². The van der Waals surface area contributed by atoms with E-state index in [2.05, 4.69) is 4.90 Å². The monoisotopic (exact) mass is 140 g/mol. The standard InChI is InChI=1S/C8H16N2/c9-7-2-1-5-10(6-7)8-3-4-8/h7-8H,1-6,9H2/t7-/m0/s1. The van der Waals surface area contributed by atoms with Crippen molar-refractivity contribution in [3.8, 4) is 0 Å². The maximum Gasteiger partial charge on any atom is 0.0168 e. The first-order chi connectivity index (χ1) is 4.86. The Bertz CT molecular complexity index is 120. The summed E-state index contributed by atoms with van der Waals surface area (Å²) < 4.78 is 0. The van der Waals surface area contributed by atoms with Crippen LogP contribution in [0.2, 0.25) is 0 Å². The van der Waals surface area contributed by atoms with Crippen molar-refractivity contribution < 1.29 is 0 Å². The van der Waals surface area contributed by atoms with Crippen LogP contribution in [0.5, 0.6) is 0 Å². The van der Waals surface area contributed by atoms with Crippen molar-refractivity contribution in [3.05, 3.63) is 0 Å². The molecule has 0 radical (unpaired) electrons. The third kappa shape index (κ3) is 1.32. The van der Waals surface area contributed by atoms with Gasteiger partial charge in [0.15, 0.2) is 0 Å². The summed E-state index contributed by atoms with van der Waals surface area (Å²) in [4.78, 5) is 2.56. The van der Waals surface area contributed by atoms with Gasteiger partial charge in [-0.25, -0.2) is 0 Å². The van der Waals surface area contributed by atoms with Gasteiger partial charge >= 0.3 is 0 Å². The first-order valence-electron chi connectivity index (χ1n) is 4.36. The quantitative estimate of drug-likeness (QED) is 0.577. The van der Waals surface area contributed by atoms with Crippen molar-refractivity contribution in [3.63, 3.8) is 0 Å². The topological polar surface area (TPSA) is 29.3 Å². The lowest BCUT2D eigenvalue weighted by atomic mass is 10.1. The van der Waals surface area contributed by atoms with Gasteiger partial charge in [-0.2, -0.15) is 0 Å². The van der Waals surface area contributed by atoms with Crippen LogP contribution in [-0.2, 0) is 0 Å². The molecule has 2 nitrogen and oxygen atoms in total. The third-order valence-corrected chi connectivity index (χ3v) is 2.55. The number of rotatable bonds is 1. The summed E-state index contributed by atoms with van der Waals surface area (Å²) in [5, 5.41) is 0. The summed E-state index contributed by atoms with van der Waals surface area (Å²) in [5.74, 6) is 0. The van der Waals surface area contributed by atoms with Crippen LogP contribution >= 0.6 is 0 Å². The normalized spacial score (nSPS) is 36.3. The van der Waals surface area contributed by atoms with Gasteiger partial charge in [0.1, 0.15) is 0 Å². The van der Waals surface area contributed by atoms with Crippen LogP contribution in [0, 0.1) is 0 Å². The van der Waals surface area contributed by atoms with Crippen molar-refractivity contribution in [1.29, 1.82) is 0 Å². The molecule has 1 heterocycles. The minimum atomic E-state index is 0.467. The molecule has 58 valence electrons. The third-order valence-electron chi connectivity index (χ3n) is 2.55. The molecule has 1 saturated heterocycles. The molecular weight excluding hydrogens is 124 g/mol. The van der Waals surface area contributed by atoms with Gasteiger partial charge < -0.3 is 5.73 Å². The summed E-state index contributed by atoms with van der Waals surface area (Å²) >= 11 is 0. The zero-order valence-electron chi connectivity index (χ0n) is 6.42. The highest BCUT2D eigenvalue weighted by Crippen LogP contribution is 2.28.